The Labute approximate surface area is 84.2 Å². The Hall–Kier alpha value is -1.61. The Morgan fingerprint density at radius 2 is 1.79 bits per heavy atom. The first-order valence-corrected chi connectivity index (χ1v) is 4.51. The molecule has 0 spiro atoms. The Morgan fingerprint density at radius 3 is 2.29 bits per heavy atom. The summed E-state index contributed by atoms with van der Waals surface area (Å²) in [6.07, 6.45) is 3.57. The van der Waals surface area contributed by atoms with E-state index in [4.69, 9.17) is 0 Å². The van der Waals surface area contributed by atoms with E-state index in [0.717, 1.165) is 11.4 Å². The molecule has 0 atom stereocenters. The normalized spacial score (nSPS) is 9.00. The summed E-state index contributed by atoms with van der Waals surface area (Å²) in [6.45, 7) is 0. The van der Waals surface area contributed by atoms with Crippen molar-refractivity contribution in [1.82, 2.24) is 15.3 Å². The summed E-state index contributed by atoms with van der Waals surface area (Å²) in [5.41, 5.74) is 1.12. The van der Waals surface area contributed by atoms with E-state index in [1.165, 1.54) is 0 Å². The zero-order valence-electron chi connectivity index (χ0n) is 8.49. The number of aromatic nitrogens is 2. The molecule has 0 amide bonds. The van der Waals surface area contributed by atoms with Crippen molar-refractivity contribution in [1.29, 1.82) is 0 Å². The van der Waals surface area contributed by atoms with E-state index in [1.807, 2.05) is 50.6 Å². The molecule has 2 aromatic rings. The van der Waals surface area contributed by atoms with Crippen LogP contribution in [0.2, 0.25) is 0 Å². The molecule has 0 aliphatic rings. The summed E-state index contributed by atoms with van der Waals surface area (Å²) in [5.74, 6) is 0.922. The maximum Gasteiger partial charge on any atom is 0.137 e. The number of aromatic amines is 1. The quantitative estimate of drug-likeness (QED) is 0.719. The lowest BCUT2D eigenvalue weighted by Gasteiger charge is -1.92. The maximum atomic E-state index is 4.13. The molecule has 0 bridgehead atoms. The molecule has 0 radical (unpaired) electrons. The first-order chi connectivity index (χ1) is 6.88. The van der Waals surface area contributed by atoms with Gasteiger partial charge in [-0.15, -0.1) is 0 Å². The van der Waals surface area contributed by atoms with E-state index in [0.29, 0.717) is 0 Å². The van der Waals surface area contributed by atoms with Crippen molar-refractivity contribution in [2.75, 3.05) is 14.1 Å². The van der Waals surface area contributed by atoms with Gasteiger partial charge in [-0.3, -0.25) is 0 Å². The van der Waals surface area contributed by atoms with Crippen LogP contribution >= 0.6 is 0 Å². The van der Waals surface area contributed by atoms with Crippen LogP contribution in [0.5, 0.6) is 0 Å². The van der Waals surface area contributed by atoms with E-state index < -0.39 is 0 Å². The molecular formula is C11H15N3. The minimum absolute atomic E-state index is 0.922. The zero-order chi connectivity index (χ0) is 10.2. The smallest absolute Gasteiger partial charge is 0.137 e. The molecule has 2 rings (SSSR count). The van der Waals surface area contributed by atoms with Crippen molar-refractivity contribution >= 4 is 0 Å². The third kappa shape index (κ3) is 3.03. The maximum absolute atomic E-state index is 4.13. The van der Waals surface area contributed by atoms with Gasteiger partial charge in [-0.25, -0.2) is 4.98 Å². The van der Waals surface area contributed by atoms with Gasteiger partial charge in [0, 0.05) is 18.0 Å². The van der Waals surface area contributed by atoms with Crippen LogP contribution in [0.25, 0.3) is 11.4 Å². The van der Waals surface area contributed by atoms with Crippen LogP contribution in [0.4, 0.5) is 0 Å². The highest BCUT2D eigenvalue weighted by atomic mass is 14.9. The fourth-order valence-corrected chi connectivity index (χ4v) is 1.02. The number of benzene rings is 1. The summed E-state index contributed by atoms with van der Waals surface area (Å²) in [7, 11) is 3.75. The van der Waals surface area contributed by atoms with E-state index in [9.17, 15) is 0 Å². The monoisotopic (exact) mass is 189 g/mol. The number of hydrogen-bond acceptors (Lipinski definition) is 2. The molecule has 0 saturated carbocycles. The first-order valence-electron chi connectivity index (χ1n) is 4.51. The Kier molecular flexibility index (Phi) is 4.44. The Bertz CT molecular complexity index is 327. The van der Waals surface area contributed by atoms with E-state index >= 15 is 0 Å². The Morgan fingerprint density at radius 1 is 1.14 bits per heavy atom. The van der Waals surface area contributed by atoms with Gasteiger partial charge in [0.2, 0.25) is 0 Å². The minimum Gasteiger partial charge on any atom is -0.345 e. The lowest BCUT2D eigenvalue weighted by atomic mass is 10.2. The fourth-order valence-electron chi connectivity index (χ4n) is 1.02. The number of imidazole rings is 1. The second kappa shape index (κ2) is 5.94. The van der Waals surface area contributed by atoms with E-state index in [-0.39, 0.29) is 0 Å². The fraction of sp³-hybridized carbons (Fsp3) is 0.182. The highest BCUT2D eigenvalue weighted by molar-refractivity contribution is 5.53. The van der Waals surface area contributed by atoms with Gasteiger partial charge in [0.15, 0.2) is 0 Å². The van der Waals surface area contributed by atoms with Crippen LogP contribution in [0, 0.1) is 0 Å². The van der Waals surface area contributed by atoms with Gasteiger partial charge >= 0.3 is 0 Å². The minimum atomic E-state index is 0.922. The molecule has 1 heterocycles. The highest BCUT2D eigenvalue weighted by Crippen LogP contribution is 2.11. The van der Waals surface area contributed by atoms with Gasteiger partial charge < -0.3 is 10.3 Å². The zero-order valence-corrected chi connectivity index (χ0v) is 8.49. The summed E-state index contributed by atoms with van der Waals surface area (Å²) in [5, 5.41) is 2.75. The van der Waals surface area contributed by atoms with E-state index in [1.54, 1.807) is 6.20 Å². The van der Waals surface area contributed by atoms with Gasteiger partial charge in [-0.05, 0) is 14.1 Å². The highest BCUT2D eigenvalue weighted by Gasteiger charge is 1.94. The van der Waals surface area contributed by atoms with Gasteiger partial charge in [0.1, 0.15) is 5.82 Å². The van der Waals surface area contributed by atoms with Crippen molar-refractivity contribution in [3.05, 3.63) is 42.7 Å². The molecule has 1 aromatic carbocycles. The first kappa shape index (κ1) is 10.5. The molecule has 0 aliphatic carbocycles. The van der Waals surface area contributed by atoms with Crippen molar-refractivity contribution in [3.63, 3.8) is 0 Å². The molecule has 14 heavy (non-hydrogen) atoms. The lowest BCUT2D eigenvalue weighted by Crippen LogP contribution is -1.89. The molecule has 3 heteroatoms. The molecule has 74 valence electrons. The number of nitrogens with zero attached hydrogens (tertiary/aromatic N) is 1. The molecule has 0 fully saturated rings. The summed E-state index contributed by atoms with van der Waals surface area (Å²) in [6, 6.07) is 10.0. The summed E-state index contributed by atoms with van der Waals surface area (Å²) >= 11 is 0. The second-order valence-corrected chi connectivity index (χ2v) is 2.80. The topological polar surface area (TPSA) is 40.7 Å². The van der Waals surface area contributed by atoms with E-state index in [2.05, 4.69) is 15.3 Å². The lowest BCUT2D eigenvalue weighted by molar-refractivity contribution is 1.02. The molecule has 2 N–H and O–H groups in total. The molecule has 0 aliphatic heterocycles. The molecular weight excluding hydrogens is 174 g/mol. The average Bonchev–Trinajstić information content (AvgIpc) is 2.73. The third-order valence-electron chi connectivity index (χ3n) is 1.55. The molecule has 1 aromatic heterocycles. The van der Waals surface area contributed by atoms with Crippen LogP contribution in [-0.4, -0.2) is 24.1 Å². The molecule has 0 saturated heterocycles. The average molecular weight is 189 g/mol. The van der Waals surface area contributed by atoms with Crippen LogP contribution in [0.15, 0.2) is 42.7 Å². The van der Waals surface area contributed by atoms with Crippen molar-refractivity contribution in [2.24, 2.45) is 0 Å². The summed E-state index contributed by atoms with van der Waals surface area (Å²) < 4.78 is 0. The second-order valence-electron chi connectivity index (χ2n) is 2.80. The van der Waals surface area contributed by atoms with Crippen LogP contribution in [0.1, 0.15) is 0 Å². The van der Waals surface area contributed by atoms with Gasteiger partial charge in [-0.1, -0.05) is 30.3 Å². The number of rotatable bonds is 1. The number of nitrogens with one attached hydrogen (secondary N) is 2. The predicted octanol–water partition coefficient (Wildman–Crippen LogP) is 1.91. The SMILES string of the molecule is CNC.c1ccc(-c2ncc[nH]2)cc1. The number of hydrogen-bond donors (Lipinski definition) is 2. The van der Waals surface area contributed by atoms with Crippen LogP contribution in [0.3, 0.4) is 0 Å². The van der Waals surface area contributed by atoms with Gasteiger partial charge in [-0.2, -0.15) is 0 Å². The number of H-pyrrole nitrogens is 1. The van der Waals surface area contributed by atoms with Gasteiger partial charge in [0.05, 0.1) is 0 Å². The standard InChI is InChI=1S/C9H8N2.C2H7N/c1-2-4-8(5-3-1)9-10-6-7-11-9;1-3-2/h1-7H,(H,10,11);3H,1-2H3. The largest absolute Gasteiger partial charge is 0.345 e. The molecule has 0 unspecified atom stereocenters. The van der Waals surface area contributed by atoms with Crippen LogP contribution in [-0.2, 0) is 0 Å². The van der Waals surface area contributed by atoms with Crippen LogP contribution < -0.4 is 5.32 Å². The Balaban J connectivity index is 0.000000293. The molecule has 3 nitrogen and oxygen atoms in total. The van der Waals surface area contributed by atoms with Crippen molar-refractivity contribution in [2.45, 2.75) is 0 Å². The third-order valence-corrected chi connectivity index (χ3v) is 1.55. The van der Waals surface area contributed by atoms with Crippen molar-refractivity contribution in [3.8, 4) is 11.4 Å². The predicted molar refractivity (Wildman–Crippen MR) is 59.0 cm³/mol. The van der Waals surface area contributed by atoms with Gasteiger partial charge in [0.25, 0.3) is 0 Å². The summed E-state index contributed by atoms with van der Waals surface area (Å²) in [4.78, 5) is 7.17. The van der Waals surface area contributed by atoms with Crippen molar-refractivity contribution < 1.29 is 0 Å².